The molecule has 0 bridgehead atoms. The maximum Gasteiger partial charge on any atom is 0.309 e. The van der Waals surface area contributed by atoms with Crippen LogP contribution in [0, 0.1) is 0 Å². The number of thiophene rings is 1. The number of amides is 2. The van der Waals surface area contributed by atoms with Crippen LogP contribution in [0.4, 0.5) is 0 Å². The average molecular weight is 336 g/mol. The number of rotatable bonds is 4. The maximum absolute atomic E-state index is 11.7. The number of aliphatic hydroxyl groups is 1. The number of carbonyl (C=O) groups is 2. The van der Waals surface area contributed by atoms with Crippen molar-refractivity contribution in [3.05, 3.63) is 46.0 Å². The molecule has 0 saturated heterocycles. The molecule has 0 saturated carbocycles. The molecule has 0 fully saturated rings. The molecule has 6 nitrogen and oxygen atoms in total. The molecule has 2 aromatic rings. The summed E-state index contributed by atoms with van der Waals surface area (Å²) in [7, 11) is 0. The molecule has 0 aliphatic heterocycles. The van der Waals surface area contributed by atoms with E-state index >= 15 is 0 Å². The third-order valence-electron chi connectivity index (χ3n) is 2.88. The summed E-state index contributed by atoms with van der Waals surface area (Å²) in [6, 6.07) is 6.98. The minimum Gasteiger partial charge on any atom is -0.466 e. The van der Waals surface area contributed by atoms with Gasteiger partial charge in [-0.25, -0.2) is 0 Å². The second-order valence-electron chi connectivity index (χ2n) is 6.11. The van der Waals surface area contributed by atoms with Gasteiger partial charge in [-0.1, -0.05) is 0 Å². The fourth-order valence-electron chi connectivity index (χ4n) is 1.87. The molecule has 0 radical (unpaired) electrons. The maximum atomic E-state index is 11.7. The summed E-state index contributed by atoms with van der Waals surface area (Å²) in [5.74, 6) is -0.877. The van der Waals surface area contributed by atoms with E-state index in [0.29, 0.717) is 10.6 Å². The van der Waals surface area contributed by atoms with Crippen LogP contribution in [0.15, 0.2) is 34.9 Å². The van der Waals surface area contributed by atoms with Gasteiger partial charge in [0.15, 0.2) is 0 Å². The van der Waals surface area contributed by atoms with Crippen molar-refractivity contribution < 1.29 is 19.1 Å². The van der Waals surface area contributed by atoms with Gasteiger partial charge in [-0.2, -0.15) is 0 Å². The second kappa shape index (κ2) is 6.97. The van der Waals surface area contributed by atoms with Crippen LogP contribution < -0.4 is 10.6 Å². The Labute approximate surface area is 138 Å². The molecule has 2 amide bonds. The molecule has 23 heavy (non-hydrogen) atoms. The molecule has 1 atom stereocenters. The first-order valence-corrected chi connectivity index (χ1v) is 7.98. The van der Waals surface area contributed by atoms with E-state index in [4.69, 9.17) is 4.42 Å². The molecule has 2 heterocycles. The van der Waals surface area contributed by atoms with E-state index in [2.05, 4.69) is 10.6 Å². The molecule has 0 spiro atoms. The number of carbonyl (C=O) groups excluding carboxylic acids is 2. The van der Waals surface area contributed by atoms with Crippen molar-refractivity contribution in [2.24, 2.45) is 0 Å². The van der Waals surface area contributed by atoms with Crippen LogP contribution in [0.1, 0.15) is 42.4 Å². The smallest absolute Gasteiger partial charge is 0.309 e. The van der Waals surface area contributed by atoms with Crippen molar-refractivity contribution >= 4 is 23.2 Å². The SMILES string of the molecule is CC(C)(C)NC(=O)C(=O)NCc1ccc(C(O)c2ccco2)s1. The van der Waals surface area contributed by atoms with Crippen LogP contribution in [-0.4, -0.2) is 22.5 Å². The van der Waals surface area contributed by atoms with Crippen molar-refractivity contribution in [1.82, 2.24) is 10.6 Å². The topological polar surface area (TPSA) is 91.6 Å². The fourth-order valence-corrected chi connectivity index (χ4v) is 2.82. The lowest BCUT2D eigenvalue weighted by molar-refractivity contribution is -0.140. The molecule has 7 heteroatoms. The van der Waals surface area contributed by atoms with Crippen LogP contribution in [0.25, 0.3) is 0 Å². The zero-order valence-electron chi connectivity index (χ0n) is 13.3. The Balaban J connectivity index is 1.90. The molecule has 1 unspecified atom stereocenters. The van der Waals surface area contributed by atoms with Crippen molar-refractivity contribution in [1.29, 1.82) is 0 Å². The van der Waals surface area contributed by atoms with Gasteiger partial charge in [-0.3, -0.25) is 9.59 Å². The molecule has 124 valence electrons. The molecule has 0 aliphatic carbocycles. The van der Waals surface area contributed by atoms with E-state index in [9.17, 15) is 14.7 Å². The minimum atomic E-state index is -0.830. The first kappa shape index (κ1) is 17.2. The van der Waals surface area contributed by atoms with E-state index in [0.717, 1.165) is 4.88 Å². The first-order chi connectivity index (χ1) is 10.8. The van der Waals surface area contributed by atoms with Crippen LogP contribution in [0.2, 0.25) is 0 Å². The van der Waals surface area contributed by atoms with Crippen molar-refractivity contribution in [2.45, 2.75) is 39.0 Å². The first-order valence-electron chi connectivity index (χ1n) is 7.17. The third-order valence-corrected chi connectivity index (χ3v) is 4.02. The highest BCUT2D eigenvalue weighted by Gasteiger charge is 2.20. The Kier molecular flexibility index (Phi) is 5.23. The third kappa shape index (κ3) is 4.94. The standard InChI is InChI=1S/C16H20N2O4S/c1-16(2,3)18-15(21)14(20)17-9-10-6-7-12(23-10)13(19)11-5-4-8-22-11/h4-8,13,19H,9H2,1-3H3,(H,17,20)(H,18,21). The molecular formula is C16H20N2O4S. The predicted octanol–water partition coefficient (Wildman–Crippen LogP) is 1.95. The number of hydrogen-bond donors (Lipinski definition) is 3. The van der Waals surface area contributed by atoms with Gasteiger partial charge >= 0.3 is 11.8 Å². The highest BCUT2D eigenvalue weighted by atomic mass is 32.1. The minimum absolute atomic E-state index is 0.228. The number of aliphatic hydroxyl groups excluding tert-OH is 1. The Morgan fingerprint density at radius 1 is 1.26 bits per heavy atom. The highest BCUT2D eigenvalue weighted by Crippen LogP contribution is 2.28. The van der Waals surface area contributed by atoms with E-state index in [1.807, 2.05) is 0 Å². The lowest BCUT2D eigenvalue weighted by atomic mass is 10.1. The van der Waals surface area contributed by atoms with Crippen LogP contribution in [0.3, 0.4) is 0 Å². The van der Waals surface area contributed by atoms with E-state index < -0.39 is 23.5 Å². The Bertz CT molecular complexity index is 671. The summed E-state index contributed by atoms with van der Waals surface area (Å²) >= 11 is 1.35. The molecule has 2 aromatic heterocycles. The Morgan fingerprint density at radius 3 is 2.61 bits per heavy atom. The quantitative estimate of drug-likeness (QED) is 0.744. The molecule has 0 aliphatic rings. The van der Waals surface area contributed by atoms with Crippen molar-refractivity contribution in [2.75, 3.05) is 0 Å². The zero-order chi connectivity index (χ0) is 17.0. The van der Waals surface area contributed by atoms with Gasteiger partial charge in [0.1, 0.15) is 11.9 Å². The van der Waals surface area contributed by atoms with E-state index in [1.54, 1.807) is 45.0 Å². The molecule has 3 N–H and O–H groups in total. The average Bonchev–Trinajstić information content (AvgIpc) is 3.13. The van der Waals surface area contributed by atoms with Gasteiger partial charge in [0.2, 0.25) is 0 Å². The molecule has 0 aromatic carbocycles. The number of hydrogen-bond acceptors (Lipinski definition) is 5. The summed E-state index contributed by atoms with van der Waals surface area (Å²) in [6.07, 6.45) is 0.671. The fraction of sp³-hybridized carbons (Fsp3) is 0.375. The molecular weight excluding hydrogens is 316 g/mol. The van der Waals surface area contributed by atoms with Crippen LogP contribution in [0.5, 0.6) is 0 Å². The van der Waals surface area contributed by atoms with Crippen molar-refractivity contribution in [3.8, 4) is 0 Å². The highest BCUT2D eigenvalue weighted by molar-refractivity contribution is 7.12. The van der Waals surface area contributed by atoms with Gasteiger partial charge in [-0.05, 0) is 45.0 Å². The summed E-state index contributed by atoms with van der Waals surface area (Å²) in [6.45, 7) is 5.64. The molecule has 2 rings (SSSR count). The summed E-state index contributed by atoms with van der Waals surface area (Å²) in [5, 5.41) is 15.3. The van der Waals surface area contributed by atoms with Gasteiger partial charge in [-0.15, -0.1) is 11.3 Å². The summed E-state index contributed by atoms with van der Waals surface area (Å²) in [4.78, 5) is 25.0. The van der Waals surface area contributed by atoms with Gasteiger partial charge in [0, 0.05) is 15.3 Å². The lowest BCUT2D eigenvalue weighted by Crippen LogP contribution is -2.47. The summed E-state index contributed by atoms with van der Waals surface area (Å²) < 4.78 is 5.17. The lowest BCUT2D eigenvalue weighted by Gasteiger charge is -2.19. The normalized spacial score (nSPS) is 12.7. The van der Waals surface area contributed by atoms with Crippen LogP contribution in [-0.2, 0) is 16.1 Å². The second-order valence-corrected chi connectivity index (χ2v) is 7.31. The van der Waals surface area contributed by atoms with E-state index in [-0.39, 0.29) is 6.54 Å². The Hall–Kier alpha value is -2.12. The predicted molar refractivity (Wildman–Crippen MR) is 86.8 cm³/mol. The van der Waals surface area contributed by atoms with E-state index in [1.165, 1.54) is 17.6 Å². The summed E-state index contributed by atoms with van der Waals surface area (Å²) in [5.41, 5.74) is -0.461. The van der Waals surface area contributed by atoms with Crippen molar-refractivity contribution in [3.63, 3.8) is 0 Å². The largest absolute Gasteiger partial charge is 0.466 e. The number of furan rings is 1. The van der Waals surface area contributed by atoms with Crippen LogP contribution >= 0.6 is 11.3 Å². The van der Waals surface area contributed by atoms with Gasteiger partial charge < -0.3 is 20.2 Å². The zero-order valence-corrected chi connectivity index (χ0v) is 14.1. The van der Waals surface area contributed by atoms with Gasteiger partial charge in [0.05, 0.1) is 12.8 Å². The van der Waals surface area contributed by atoms with Gasteiger partial charge in [0.25, 0.3) is 0 Å². The Morgan fingerprint density at radius 2 is 2.00 bits per heavy atom. The monoisotopic (exact) mass is 336 g/mol. The number of nitrogens with one attached hydrogen (secondary N) is 2.